The van der Waals surface area contributed by atoms with E-state index in [1.165, 1.54) is 27.2 Å². The van der Waals surface area contributed by atoms with Crippen LogP contribution in [0.1, 0.15) is 12.5 Å². The van der Waals surface area contributed by atoms with E-state index in [1.807, 2.05) is 6.07 Å². The SMILES string of the molecule is COC(=O)/C(=C\c1ccccc1OC)C(C)=O. The van der Waals surface area contributed by atoms with Gasteiger partial charge in [-0.15, -0.1) is 0 Å². The normalized spacial score (nSPS) is 10.9. The number of carbonyl (C=O) groups excluding carboxylic acids is 2. The number of methoxy groups -OCH3 is 2. The Bertz CT molecular complexity index is 460. The number of ketones is 1. The summed E-state index contributed by atoms with van der Waals surface area (Å²) in [5, 5.41) is 0. The van der Waals surface area contributed by atoms with Gasteiger partial charge < -0.3 is 9.47 Å². The molecule has 0 fully saturated rings. The molecule has 0 amide bonds. The van der Waals surface area contributed by atoms with Crippen LogP contribution in [-0.4, -0.2) is 26.0 Å². The highest BCUT2D eigenvalue weighted by atomic mass is 16.5. The van der Waals surface area contributed by atoms with E-state index in [4.69, 9.17) is 4.74 Å². The molecule has 0 aliphatic rings. The number of rotatable bonds is 4. The van der Waals surface area contributed by atoms with Crippen LogP contribution in [0.5, 0.6) is 5.75 Å². The molecule has 17 heavy (non-hydrogen) atoms. The number of carbonyl (C=O) groups is 2. The van der Waals surface area contributed by atoms with Crippen molar-refractivity contribution in [1.29, 1.82) is 0 Å². The first-order valence-corrected chi connectivity index (χ1v) is 5.04. The number of Topliss-reactive ketones (excluding diaryl/α,β-unsaturated/α-hetero) is 1. The lowest BCUT2D eigenvalue weighted by Gasteiger charge is -2.06. The van der Waals surface area contributed by atoms with Crippen molar-refractivity contribution in [3.8, 4) is 5.75 Å². The average molecular weight is 234 g/mol. The quantitative estimate of drug-likeness (QED) is 0.345. The topological polar surface area (TPSA) is 52.6 Å². The lowest BCUT2D eigenvalue weighted by molar-refractivity contribution is -0.137. The third-order valence-corrected chi connectivity index (χ3v) is 2.22. The zero-order valence-corrected chi connectivity index (χ0v) is 10.0. The van der Waals surface area contributed by atoms with E-state index < -0.39 is 5.97 Å². The lowest BCUT2D eigenvalue weighted by atomic mass is 10.1. The second-order valence-electron chi connectivity index (χ2n) is 3.35. The van der Waals surface area contributed by atoms with Crippen molar-refractivity contribution >= 4 is 17.8 Å². The molecule has 0 heterocycles. The highest BCUT2D eigenvalue weighted by molar-refractivity contribution is 6.19. The highest BCUT2D eigenvalue weighted by Crippen LogP contribution is 2.20. The van der Waals surface area contributed by atoms with Gasteiger partial charge in [0.05, 0.1) is 14.2 Å². The molecule has 0 aromatic heterocycles. The Morgan fingerprint density at radius 2 is 1.82 bits per heavy atom. The van der Waals surface area contributed by atoms with Crippen molar-refractivity contribution in [3.63, 3.8) is 0 Å². The molecule has 0 aliphatic carbocycles. The molecular formula is C13H14O4. The second kappa shape index (κ2) is 5.84. The maximum Gasteiger partial charge on any atom is 0.341 e. The average Bonchev–Trinajstić information content (AvgIpc) is 2.35. The summed E-state index contributed by atoms with van der Waals surface area (Å²) in [6, 6.07) is 7.11. The van der Waals surface area contributed by atoms with Crippen LogP contribution < -0.4 is 4.74 Å². The van der Waals surface area contributed by atoms with E-state index in [9.17, 15) is 9.59 Å². The molecule has 0 N–H and O–H groups in total. The molecule has 0 aliphatic heterocycles. The zero-order valence-electron chi connectivity index (χ0n) is 10.0. The van der Waals surface area contributed by atoms with Crippen LogP contribution >= 0.6 is 0 Å². The van der Waals surface area contributed by atoms with Crippen molar-refractivity contribution in [2.75, 3.05) is 14.2 Å². The summed E-state index contributed by atoms with van der Waals surface area (Å²) in [5.74, 6) is -0.402. The minimum absolute atomic E-state index is 0.00278. The van der Waals surface area contributed by atoms with Crippen LogP contribution in [0, 0.1) is 0 Å². The molecule has 1 rings (SSSR count). The molecule has 4 heteroatoms. The van der Waals surface area contributed by atoms with Gasteiger partial charge in [0.25, 0.3) is 0 Å². The Balaban J connectivity index is 3.22. The van der Waals surface area contributed by atoms with Gasteiger partial charge >= 0.3 is 5.97 Å². The first kappa shape index (κ1) is 13.0. The zero-order chi connectivity index (χ0) is 12.8. The summed E-state index contributed by atoms with van der Waals surface area (Å²) >= 11 is 0. The van der Waals surface area contributed by atoms with Gasteiger partial charge in [-0.05, 0) is 19.1 Å². The van der Waals surface area contributed by atoms with E-state index in [2.05, 4.69) is 4.74 Å². The van der Waals surface area contributed by atoms with Crippen molar-refractivity contribution in [1.82, 2.24) is 0 Å². The smallest absolute Gasteiger partial charge is 0.341 e. The number of hydrogen-bond acceptors (Lipinski definition) is 4. The molecule has 0 radical (unpaired) electrons. The third kappa shape index (κ3) is 3.17. The van der Waals surface area contributed by atoms with Gasteiger partial charge in [-0.3, -0.25) is 4.79 Å². The molecule has 0 unspecified atom stereocenters. The summed E-state index contributed by atoms with van der Waals surface area (Å²) in [7, 11) is 2.76. The largest absolute Gasteiger partial charge is 0.496 e. The molecule has 0 spiro atoms. The Hall–Kier alpha value is -2.10. The Labute approximate surface area is 99.8 Å². The van der Waals surface area contributed by atoms with Gasteiger partial charge in [-0.1, -0.05) is 18.2 Å². The van der Waals surface area contributed by atoms with Gasteiger partial charge in [0.2, 0.25) is 0 Å². The number of hydrogen-bond donors (Lipinski definition) is 0. The fourth-order valence-electron chi connectivity index (χ4n) is 1.36. The first-order chi connectivity index (χ1) is 8.10. The predicted molar refractivity (Wildman–Crippen MR) is 63.7 cm³/mol. The minimum Gasteiger partial charge on any atom is -0.496 e. The predicted octanol–water partition coefficient (Wildman–Crippen LogP) is 1.84. The van der Waals surface area contributed by atoms with Crippen LogP contribution in [-0.2, 0) is 14.3 Å². The number of para-hydroxylation sites is 1. The van der Waals surface area contributed by atoms with Crippen LogP contribution in [0.15, 0.2) is 29.8 Å². The fraction of sp³-hybridized carbons (Fsp3) is 0.231. The molecule has 1 aromatic carbocycles. The van der Waals surface area contributed by atoms with Crippen LogP contribution in [0.4, 0.5) is 0 Å². The molecule has 4 nitrogen and oxygen atoms in total. The van der Waals surface area contributed by atoms with Gasteiger partial charge in [-0.2, -0.15) is 0 Å². The van der Waals surface area contributed by atoms with Crippen molar-refractivity contribution in [3.05, 3.63) is 35.4 Å². The van der Waals surface area contributed by atoms with E-state index in [-0.39, 0.29) is 11.4 Å². The van der Waals surface area contributed by atoms with Gasteiger partial charge in [0.15, 0.2) is 5.78 Å². The maximum absolute atomic E-state index is 11.4. The van der Waals surface area contributed by atoms with Gasteiger partial charge in [-0.25, -0.2) is 4.79 Å². The van der Waals surface area contributed by atoms with Crippen molar-refractivity contribution in [2.45, 2.75) is 6.92 Å². The fourth-order valence-corrected chi connectivity index (χ4v) is 1.36. The van der Waals surface area contributed by atoms with E-state index in [0.717, 1.165) is 0 Å². The molecule has 0 saturated carbocycles. The summed E-state index contributed by atoms with van der Waals surface area (Å²) in [4.78, 5) is 22.7. The number of ether oxygens (including phenoxy) is 2. The molecule has 0 atom stereocenters. The van der Waals surface area contributed by atoms with Gasteiger partial charge in [0.1, 0.15) is 11.3 Å². The van der Waals surface area contributed by atoms with E-state index in [1.54, 1.807) is 18.2 Å². The Morgan fingerprint density at radius 3 is 2.35 bits per heavy atom. The molecule has 90 valence electrons. The monoisotopic (exact) mass is 234 g/mol. The summed E-state index contributed by atoms with van der Waals surface area (Å²) in [6.07, 6.45) is 1.47. The van der Waals surface area contributed by atoms with Gasteiger partial charge in [0, 0.05) is 5.56 Å². The van der Waals surface area contributed by atoms with E-state index >= 15 is 0 Å². The maximum atomic E-state index is 11.4. The number of benzene rings is 1. The lowest BCUT2D eigenvalue weighted by Crippen LogP contribution is -2.11. The Kier molecular flexibility index (Phi) is 4.46. The first-order valence-electron chi connectivity index (χ1n) is 5.04. The molecule has 0 bridgehead atoms. The second-order valence-corrected chi connectivity index (χ2v) is 3.35. The highest BCUT2D eigenvalue weighted by Gasteiger charge is 2.15. The van der Waals surface area contributed by atoms with Crippen molar-refractivity contribution < 1.29 is 19.1 Å². The summed E-state index contributed by atoms with van der Waals surface area (Å²) in [5.41, 5.74) is 0.655. The minimum atomic E-state index is -0.650. The van der Waals surface area contributed by atoms with Crippen LogP contribution in [0.3, 0.4) is 0 Å². The Morgan fingerprint density at radius 1 is 1.18 bits per heavy atom. The molecule has 0 saturated heterocycles. The van der Waals surface area contributed by atoms with E-state index in [0.29, 0.717) is 11.3 Å². The molecular weight excluding hydrogens is 220 g/mol. The third-order valence-electron chi connectivity index (χ3n) is 2.22. The van der Waals surface area contributed by atoms with Crippen LogP contribution in [0.25, 0.3) is 6.08 Å². The standard InChI is InChI=1S/C13H14O4/c1-9(14)11(13(15)17-3)8-10-6-4-5-7-12(10)16-2/h4-8H,1-3H3/b11-8-. The van der Waals surface area contributed by atoms with Crippen LogP contribution in [0.2, 0.25) is 0 Å². The van der Waals surface area contributed by atoms with Crippen molar-refractivity contribution in [2.24, 2.45) is 0 Å². The summed E-state index contributed by atoms with van der Waals surface area (Å²) in [6.45, 7) is 1.32. The number of esters is 1. The summed E-state index contributed by atoms with van der Waals surface area (Å²) < 4.78 is 9.68. The molecule has 1 aromatic rings.